The van der Waals surface area contributed by atoms with Gasteiger partial charge >= 0.3 is 0 Å². The molecule has 0 aliphatic carbocycles. The minimum atomic E-state index is 0.321. The van der Waals surface area contributed by atoms with Crippen molar-refractivity contribution in [1.82, 2.24) is 14.7 Å². The summed E-state index contributed by atoms with van der Waals surface area (Å²) < 4.78 is 2.01. The highest BCUT2D eigenvalue weighted by molar-refractivity contribution is 5.65. The largest absolute Gasteiger partial charge is 0.394 e. The number of aromatic nitrogens is 2. The lowest BCUT2D eigenvalue weighted by atomic mass is 9.99. The van der Waals surface area contributed by atoms with Gasteiger partial charge in [0, 0.05) is 24.7 Å². The van der Waals surface area contributed by atoms with Crippen LogP contribution in [0.2, 0.25) is 0 Å². The maximum atomic E-state index is 6.16. The van der Waals surface area contributed by atoms with Crippen LogP contribution in [0, 0.1) is 6.92 Å². The zero-order chi connectivity index (χ0) is 14.2. The normalized spacial score (nSPS) is 24.9. The predicted molar refractivity (Wildman–Crippen MR) is 80.5 cm³/mol. The van der Waals surface area contributed by atoms with Crippen LogP contribution in [0.25, 0.3) is 0 Å². The number of nitrogens with one attached hydrogen (secondary N) is 1. The Kier molecular flexibility index (Phi) is 4.04. The van der Waals surface area contributed by atoms with Crippen LogP contribution in [0.4, 0.5) is 11.5 Å². The Morgan fingerprint density at radius 1 is 1.42 bits per heavy atom. The third-order valence-electron chi connectivity index (χ3n) is 4.17. The summed E-state index contributed by atoms with van der Waals surface area (Å²) in [6.45, 7) is 9.65. The van der Waals surface area contributed by atoms with E-state index >= 15 is 0 Å². The van der Waals surface area contributed by atoms with Crippen LogP contribution in [-0.4, -0.2) is 40.4 Å². The average molecular weight is 265 g/mol. The number of aryl methyl sites for hydroxylation is 1. The van der Waals surface area contributed by atoms with Crippen LogP contribution in [0.1, 0.15) is 45.3 Å². The lowest BCUT2D eigenvalue weighted by molar-refractivity contribution is 0.189. The van der Waals surface area contributed by atoms with E-state index in [-0.39, 0.29) is 0 Å². The molecule has 3 N–H and O–H groups in total. The standard InChI is InChI=1S/C14H27N5/c1-9(2)19-14(13(15)11(4)17-19)16-12-6-7-18(5)10(3)8-12/h9-10,12,16H,6-8,15H2,1-5H3. The Bertz CT molecular complexity index is 437. The molecule has 1 aliphatic heterocycles. The van der Waals surface area contributed by atoms with Crippen LogP contribution < -0.4 is 11.1 Å². The van der Waals surface area contributed by atoms with E-state index in [4.69, 9.17) is 5.73 Å². The van der Waals surface area contributed by atoms with Gasteiger partial charge in [0.1, 0.15) is 5.82 Å². The van der Waals surface area contributed by atoms with Gasteiger partial charge in [-0.1, -0.05) is 0 Å². The highest BCUT2D eigenvalue weighted by Gasteiger charge is 2.25. The number of nitrogen functional groups attached to an aromatic ring is 1. The molecule has 0 amide bonds. The number of hydrogen-bond acceptors (Lipinski definition) is 4. The summed E-state index contributed by atoms with van der Waals surface area (Å²) in [5.74, 6) is 0.995. The molecule has 5 heteroatoms. The van der Waals surface area contributed by atoms with E-state index in [1.54, 1.807) is 0 Å². The van der Waals surface area contributed by atoms with Crippen molar-refractivity contribution >= 4 is 11.5 Å². The lowest BCUT2D eigenvalue weighted by Crippen LogP contribution is -2.43. The molecular weight excluding hydrogens is 238 g/mol. The Morgan fingerprint density at radius 3 is 2.68 bits per heavy atom. The molecule has 1 aliphatic rings. The fraction of sp³-hybridized carbons (Fsp3) is 0.786. The topological polar surface area (TPSA) is 59.1 Å². The first-order valence-electron chi connectivity index (χ1n) is 7.21. The summed E-state index contributed by atoms with van der Waals surface area (Å²) in [6, 6.07) is 1.42. The number of hydrogen-bond donors (Lipinski definition) is 2. The number of nitrogens with two attached hydrogens (primary N) is 1. The molecule has 1 saturated heterocycles. The van der Waals surface area contributed by atoms with E-state index in [1.807, 2.05) is 11.6 Å². The van der Waals surface area contributed by atoms with Gasteiger partial charge in [-0.2, -0.15) is 5.10 Å². The van der Waals surface area contributed by atoms with Crippen LogP contribution in [-0.2, 0) is 0 Å². The maximum absolute atomic E-state index is 6.16. The average Bonchev–Trinajstić information content (AvgIpc) is 2.62. The molecule has 0 saturated carbocycles. The highest BCUT2D eigenvalue weighted by atomic mass is 15.4. The number of nitrogens with zero attached hydrogens (tertiary/aromatic N) is 3. The molecule has 0 aromatic carbocycles. The molecule has 2 atom stereocenters. The fourth-order valence-corrected chi connectivity index (χ4v) is 2.69. The van der Waals surface area contributed by atoms with Crippen LogP contribution in [0.15, 0.2) is 0 Å². The van der Waals surface area contributed by atoms with E-state index in [2.05, 4.69) is 43.1 Å². The Labute approximate surface area is 116 Å². The quantitative estimate of drug-likeness (QED) is 0.880. The number of anilines is 2. The molecule has 0 spiro atoms. The van der Waals surface area contributed by atoms with Gasteiger partial charge < -0.3 is 16.0 Å². The maximum Gasteiger partial charge on any atom is 0.148 e. The molecule has 5 nitrogen and oxygen atoms in total. The summed E-state index contributed by atoms with van der Waals surface area (Å²) in [6.07, 6.45) is 2.31. The SMILES string of the molecule is Cc1nn(C(C)C)c(NC2CCN(C)C(C)C2)c1N. The van der Waals surface area contributed by atoms with Crippen LogP contribution in [0.3, 0.4) is 0 Å². The number of piperidine rings is 1. The van der Waals surface area contributed by atoms with Crippen molar-refractivity contribution in [3.63, 3.8) is 0 Å². The number of likely N-dealkylation sites (tertiary alicyclic amines) is 1. The monoisotopic (exact) mass is 265 g/mol. The molecule has 1 aromatic rings. The molecule has 0 bridgehead atoms. The van der Waals surface area contributed by atoms with Crippen molar-refractivity contribution < 1.29 is 0 Å². The van der Waals surface area contributed by atoms with Gasteiger partial charge in [-0.3, -0.25) is 0 Å². The molecule has 0 radical (unpaired) electrons. The van der Waals surface area contributed by atoms with E-state index in [0.717, 1.165) is 36.6 Å². The summed E-state index contributed by atoms with van der Waals surface area (Å²) in [5, 5.41) is 8.15. The first kappa shape index (κ1) is 14.2. The van der Waals surface area contributed by atoms with Gasteiger partial charge in [-0.05, 0) is 47.6 Å². The van der Waals surface area contributed by atoms with Crippen molar-refractivity contribution in [2.75, 3.05) is 24.6 Å². The fourth-order valence-electron chi connectivity index (χ4n) is 2.69. The summed E-state index contributed by atoms with van der Waals surface area (Å²) in [5.41, 5.74) is 7.87. The van der Waals surface area contributed by atoms with Crippen molar-refractivity contribution in [2.45, 2.75) is 58.7 Å². The zero-order valence-corrected chi connectivity index (χ0v) is 12.8. The Morgan fingerprint density at radius 2 is 2.11 bits per heavy atom. The predicted octanol–water partition coefficient (Wildman–Crippen LogP) is 2.25. The van der Waals surface area contributed by atoms with E-state index in [9.17, 15) is 0 Å². The number of rotatable bonds is 3. The molecule has 2 rings (SSSR count). The van der Waals surface area contributed by atoms with Gasteiger partial charge in [-0.15, -0.1) is 0 Å². The molecule has 2 heterocycles. The summed E-state index contributed by atoms with van der Waals surface area (Å²) in [7, 11) is 2.19. The second kappa shape index (κ2) is 5.41. The van der Waals surface area contributed by atoms with Crippen molar-refractivity contribution in [3.8, 4) is 0 Å². The molecule has 2 unspecified atom stereocenters. The van der Waals surface area contributed by atoms with E-state index in [0.29, 0.717) is 18.1 Å². The molecular formula is C14H27N5. The third kappa shape index (κ3) is 2.86. The minimum absolute atomic E-state index is 0.321. The first-order chi connectivity index (χ1) is 8.90. The van der Waals surface area contributed by atoms with Crippen LogP contribution in [0.5, 0.6) is 0 Å². The van der Waals surface area contributed by atoms with Gasteiger partial charge in [0.25, 0.3) is 0 Å². The van der Waals surface area contributed by atoms with Gasteiger partial charge in [0.05, 0.1) is 11.4 Å². The van der Waals surface area contributed by atoms with E-state index in [1.165, 1.54) is 0 Å². The molecule has 108 valence electrons. The van der Waals surface area contributed by atoms with Crippen molar-refractivity contribution in [2.24, 2.45) is 0 Å². The second-order valence-electron chi connectivity index (χ2n) is 6.08. The van der Waals surface area contributed by atoms with Crippen LogP contribution >= 0.6 is 0 Å². The third-order valence-corrected chi connectivity index (χ3v) is 4.17. The highest BCUT2D eigenvalue weighted by Crippen LogP contribution is 2.28. The Balaban J connectivity index is 2.15. The summed E-state index contributed by atoms with van der Waals surface area (Å²) in [4.78, 5) is 2.41. The van der Waals surface area contributed by atoms with Gasteiger partial charge in [0.15, 0.2) is 0 Å². The molecule has 1 aromatic heterocycles. The summed E-state index contributed by atoms with van der Waals surface area (Å²) >= 11 is 0. The Hall–Kier alpha value is -1.23. The van der Waals surface area contributed by atoms with Crippen molar-refractivity contribution in [3.05, 3.63) is 5.69 Å². The smallest absolute Gasteiger partial charge is 0.148 e. The molecule has 1 fully saturated rings. The molecule has 19 heavy (non-hydrogen) atoms. The van der Waals surface area contributed by atoms with Gasteiger partial charge in [-0.25, -0.2) is 4.68 Å². The van der Waals surface area contributed by atoms with Gasteiger partial charge in [0.2, 0.25) is 0 Å². The second-order valence-corrected chi connectivity index (χ2v) is 6.08. The van der Waals surface area contributed by atoms with Crippen molar-refractivity contribution in [1.29, 1.82) is 0 Å². The zero-order valence-electron chi connectivity index (χ0n) is 12.8. The minimum Gasteiger partial charge on any atom is -0.394 e. The van der Waals surface area contributed by atoms with E-state index < -0.39 is 0 Å². The first-order valence-corrected chi connectivity index (χ1v) is 7.21. The lowest BCUT2D eigenvalue weighted by Gasteiger charge is -2.36.